The first-order valence-electron chi connectivity index (χ1n) is 4.43. The van der Waals surface area contributed by atoms with Crippen molar-refractivity contribution in [2.24, 2.45) is 23.7 Å². The summed E-state index contributed by atoms with van der Waals surface area (Å²) in [4.78, 5) is 0. The Morgan fingerprint density at radius 1 is 0.778 bits per heavy atom. The highest BCUT2D eigenvalue weighted by Crippen LogP contribution is 2.60. The van der Waals surface area contributed by atoms with Crippen LogP contribution in [0.4, 0.5) is 0 Å². The Morgan fingerprint density at radius 2 is 1.67 bits per heavy atom. The maximum Gasteiger partial charge on any atom is -0.0354 e. The van der Waals surface area contributed by atoms with Gasteiger partial charge in [-0.2, -0.15) is 0 Å². The summed E-state index contributed by atoms with van der Waals surface area (Å²) in [5.74, 6) is 4.83. The maximum absolute atomic E-state index is 1.61. The standard InChI is InChI=1S/C9H14/c1-2-7-3-6(1)4-8-5-9(7)8/h6-9H,1-5H2/t6-,7+,8-,9+/m0/s1. The van der Waals surface area contributed by atoms with Gasteiger partial charge in [0.1, 0.15) is 0 Å². The van der Waals surface area contributed by atoms with Crippen molar-refractivity contribution < 1.29 is 0 Å². The minimum absolute atomic E-state index is 1.18. The Hall–Kier alpha value is 0. The Labute approximate surface area is 56.6 Å². The molecule has 0 amide bonds. The van der Waals surface area contributed by atoms with E-state index in [1.54, 1.807) is 32.1 Å². The van der Waals surface area contributed by atoms with Gasteiger partial charge < -0.3 is 0 Å². The third-order valence-corrected chi connectivity index (χ3v) is 3.80. The van der Waals surface area contributed by atoms with Crippen molar-refractivity contribution in [3.8, 4) is 0 Å². The average molecular weight is 122 g/mol. The molecular weight excluding hydrogens is 108 g/mol. The van der Waals surface area contributed by atoms with Gasteiger partial charge >= 0.3 is 0 Å². The summed E-state index contributed by atoms with van der Waals surface area (Å²) >= 11 is 0. The number of fused-ring (bicyclic) bond motifs is 4. The molecule has 0 heteroatoms. The molecule has 3 rings (SSSR count). The Kier molecular flexibility index (Phi) is 0.717. The summed E-state index contributed by atoms with van der Waals surface area (Å²) in [6.07, 6.45) is 8.01. The fourth-order valence-corrected chi connectivity index (χ4v) is 3.26. The van der Waals surface area contributed by atoms with Crippen LogP contribution in [0.2, 0.25) is 0 Å². The highest BCUT2D eigenvalue weighted by molar-refractivity contribution is 5.00. The van der Waals surface area contributed by atoms with Crippen LogP contribution >= 0.6 is 0 Å². The highest BCUT2D eigenvalue weighted by Gasteiger charge is 2.50. The first kappa shape index (κ1) is 4.76. The van der Waals surface area contributed by atoms with Crippen molar-refractivity contribution in [2.75, 3.05) is 0 Å². The lowest BCUT2D eigenvalue weighted by molar-refractivity contribution is 0.340. The van der Waals surface area contributed by atoms with Crippen LogP contribution in [0, 0.1) is 23.7 Å². The summed E-state index contributed by atoms with van der Waals surface area (Å²) < 4.78 is 0. The van der Waals surface area contributed by atoms with Gasteiger partial charge in [0.25, 0.3) is 0 Å². The maximum atomic E-state index is 1.61. The predicted molar refractivity (Wildman–Crippen MR) is 37.0 cm³/mol. The molecule has 3 saturated carbocycles. The van der Waals surface area contributed by atoms with E-state index < -0.39 is 0 Å². The molecule has 0 aromatic rings. The van der Waals surface area contributed by atoms with Gasteiger partial charge in [-0.3, -0.25) is 0 Å². The minimum Gasteiger partial charge on any atom is -0.0502 e. The molecule has 0 aromatic carbocycles. The van der Waals surface area contributed by atoms with Crippen molar-refractivity contribution in [2.45, 2.75) is 32.1 Å². The predicted octanol–water partition coefficient (Wildman–Crippen LogP) is 2.44. The second-order valence-electron chi connectivity index (χ2n) is 4.33. The lowest BCUT2D eigenvalue weighted by Crippen LogP contribution is -2.07. The fourth-order valence-electron chi connectivity index (χ4n) is 3.26. The van der Waals surface area contributed by atoms with E-state index in [9.17, 15) is 0 Å². The Bertz CT molecular complexity index is 137. The summed E-state index contributed by atoms with van der Waals surface area (Å²) in [5.41, 5.74) is 0. The Balaban J connectivity index is 1.90. The molecule has 3 aliphatic carbocycles. The summed E-state index contributed by atoms with van der Waals surface area (Å²) in [5, 5.41) is 0. The molecule has 0 N–H and O–H groups in total. The lowest BCUT2D eigenvalue weighted by Gasteiger charge is -2.16. The van der Waals surface area contributed by atoms with Gasteiger partial charge in [-0.15, -0.1) is 0 Å². The normalized spacial score (nSPS) is 61.3. The van der Waals surface area contributed by atoms with E-state index in [0.29, 0.717) is 0 Å². The topological polar surface area (TPSA) is 0 Å². The van der Waals surface area contributed by atoms with Crippen molar-refractivity contribution in [3.05, 3.63) is 0 Å². The molecule has 3 aliphatic rings. The fraction of sp³-hybridized carbons (Fsp3) is 1.00. The van der Waals surface area contributed by atoms with E-state index in [4.69, 9.17) is 0 Å². The molecule has 0 saturated heterocycles. The Morgan fingerprint density at radius 3 is 2.67 bits per heavy atom. The van der Waals surface area contributed by atoms with E-state index in [0.717, 1.165) is 0 Å². The van der Waals surface area contributed by atoms with E-state index in [2.05, 4.69) is 0 Å². The molecule has 4 atom stereocenters. The van der Waals surface area contributed by atoms with E-state index >= 15 is 0 Å². The quantitative estimate of drug-likeness (QED) is 0.463. The molecule has 9 heavy (non-hydrogen) atoms. The number of hydrogen-bond donors (Lipinski definition) is 0. The lowest BCUT2D eigenvalue weighted by atomic mass is 9.89. The van der Waals surface area contributed by atoms with Crippen LogP contribution in [0.3, 0.4) is 0 Å². The molecule has 50 valence electrons. The monoisotopic (exact) mass is 122 g/mol. The van der Waals surface area contributed by atoms with Crippen LogP contribution in [-0.4, -0.2) is 0 Å². The number of rotatable bonds is 0. The first-order chi connectivity index (χ1) is 4.43. The third-order valence-electron chi connectivity index (χ3n) is 3.80. The van der Waals surface area contributed by atoms with Crippen molar-refractivity contribution in [1.29, 1.82) is 0 Å². The molecule has 0 unspecified atom stereocenters. The van der Waals surface area contributed by atoms with Crippen LogP contribution in [0.15, 0.2) is 0 Å². The van der Waals surface area contributed by atoms with Gasteiger partial charge in [0.2, 0.25) is 0 Å². The zero-order chi connectivity index (χ0) is 5.84. The van der Waals surface area contributed by atoms with Crippen LogP contribution in [0.5, 0.6) is 0 Å². The SMILES string of the molecule is C1C[C@@H]2C[C@H]1C[C@H]1C[C@H]21. The van der Waals surface area contributed by atoms with E-state index in [1.165, 1.54) is 23.7 Å². The second-order valence-corrected chi connectivity index (χ2v) is 4.33. The molecule has 3 fully saturated rings. The van der Waals surface area contributed by atoms with Crippen molar-refractivity contribution in [1.82, 2.24) is 0 Å². The largest absolute Gasteiger partial charge is 0.0502 e. The number of hydrogen-bond acceptors (Lipinski definition) is 0. The summed E-state index contributed by atoms with van der Waals surface area (Å²) in [7, 11) is 0. The van der Waals surface area contributed by atoms with E-state index in [1.807, 2.05) is 0 Å². The minimum atomic E-state index is 1.18. The van der Waals surface area contributed by atoms with Crippen molar-refractivity contribution >= 4 is 0 Å². The van der Waals surface area contributed by atoms with Crippen LogP contribution in [-0.2, 0) is 0 Å². The van der Waals surface area contributed by atoms with E-state index in [-0.39, 0.29) is 0 Å². The zero-order valence-electron chi connectivity index (χ0n) is 5.84. The second kappa shape index (κ2) is 1.36. The molecule has 0 radical (unpaired) electrons. The first-order valence-corrected chi connectivity index (χ1v) is 4.43. The van der Waals surface area contributed by atoms with Gasteiger partial charge in [0.15, 0.2) is 0 Å². The molecule has 2 bridgehead atoms. The third kappa shape index (κ3) is 0.544. The summed E-state index contributed by atoms with van der Waals surface area (Å²) in [6, 6.07) is 0. The molecular formula is C9H14. The highest BCUT2D eigenvalue weighted by atomic mass is 14.6. The molecule has 0 aliphatic heterocycles. The van der Waals surface area contributed by atoms with Crippen LogP contribution < -0.4 is 0 Å². The zero-order valence-corrected chi connectivity index (χ0v) is 5.84. The van der Waals surface area contributed by atoms with Gasteiger partial charge in [0.05, 0.1) is 0 Å². The molecule has 0 aromatic heterocycles. The van der Waals surface area contributed by atoms with Crippen LogP contribution in [0.1, 0.15) is 32.1 Å². The van der Waals surface area contributed by atoms with Gasteiger partial charge in [-0.25, -0.2) is 0 Å². The smallest absolute Gasteiger partial charge is 0.0354 e. The molecule has 0 heterocycles. The molecule has 0 nitrogen and oxygen atoms in total. The summed E-state index contributed by atoms with van der Waals surface area (Å²) in [6.45, 7) is 0. The van der Waals surface area contributed by atoms with Gasteiger partial charge in [-0.05, 0) is 49.4 Å². The van der Waals surface area contributed by atoms with Crippen LogP contribution in [0.25, 0.3) is 0 Å². The van der Waals surface area contributed by atoms with Gasteiger partial charge in [-0.1, -0.05) is 6.42 Å². The van der Waals surface area contributed by atoms with Gasteiger partial charge in [0, 0.05) is 0 Å². The average Bonchev–Trinajstić information content (AvgIpc) is 2.50. The molecule has 0 spiro atoms. The van der Waals surface area contributed by atoms with Crippen molar-refractivity contribution in [3.63, 3.8) is 0 Å².